The number of carbonyl (C=O) groups is 1. The molecule has 0 unspecified atom stereocenters. The van der Waals surface area contributed by atoms with Gasteiger partial charge in [-0.05, 0) is 12.8 Å². The number of aromatic nitrogens is 3. The van der Waals surface area contributed by atoms with E-state index in [2.05, 4.69) is 15.0 Å². The van der Waals surface area contributed by atoms with Gasteiger partial charge >= 0.3 is 5.97 Å². The first kappa shape index (κ1) is 10.3. The highest BCUT2D eigenvalue weighted by atomic mass is 32.1. The Hall–Kier alpha value is -1.82. The minimum Gasteiger partial charge on any atom is -0.477 e. The van der Waals surface area contributed by atoms with Crippen LogP contribution in [0.15, 0.2) is 18.6 Å². The summed E-state index contributed by atoms with van der Waals surface area (Å²) in [6.45, 7) is 0. The number of carboxylic acid groups (broad SMARTS) is 1. The molecule has 0 atom stereocenters. The van der Waals surface area contributed by atoms with Gasteiger partial charge in [-0.15, -0.1) is 11.3 Å². The van der Waals surface area contributed by atoms with E-state index in [4.69, 9.17) is 5.11 Å². The van der Waals surface area contributed by atoms with Gasteiger partial charge in [0.2, 0.25) is 0 Å². The van der Waals surface area contributed by atoms with Crippen molar-refractivity contribution in [3.05, 3.63) is 29.2 Å². The highest BCUT2D eigenvalue weighted by Crippen LogP contribution is 2.43. The van der Waals surface area contributed by atoms with Crippen LogP contribution in [0.3, 0.4) is 0 Å². The van der Waals surface area contributed by atoms with Gasteiger partial charge in [0.05, 0.1) is 11.9 Å². The maximum absolute atomic E-state index is 11.1. The molecule has 0 aliphatic heterocycles. The van der Waals surface area contributed by atoms with Gasteiger partial charge in [-0.3, -0.25) is 9.97 Å². The molecule has 0 bridgehead atoms. The Labute approximate surface area is 101 Å². The van der Waals surface area contributed by atoms with Crippen LogP contribution < -0.4 is 0 Å². The highest BCUT2D eigenvalue weighted by Gasteiger charge is 2.32. The highest BCUT2D eigenvalue weighted by molar-refractivity contribution is 7.17. The summed E-state index contributed by atoms with van der Waals surface area (Å²) in [7, 11) is 0. The zero-order chi connectivity index (χ0) is 11.8. The standard InChI is InChI=1S/C11H9N3O2S/c15-11(16)9-8(6-1-2-6)14-10(17-9)7-5-12-3-4-13-7/h3-6H,1-2H2,(H,15,16). The largest absolute Gasteiger partial charge is 0.477 e. The predicted molar refractivity (Wildman–Crippen MR) is 62.1 cm³/mol. The monoisotopic (exact) mass is 247 g/mol. The smallest absolute Gasteiger partial charge is 0.347 e. The molecule has 2 aromatic heterocycles. The quantitative estimate of drug-likeness (QED) is 0.899. The molecule has 6 heteroatoms. The molecule has 0 amide bonds. The fourth-order valence-corrected chi connectivity index (χ4v) is 2.59. The van der Waals surface area contributed by atoms with Crippen molar-refractivity contribution in [3.8, 4) is 10.7 Å². The van der Waals surface area contributed by atoms with Crippen LogP contribution >= 0.6 is 11.3 Å². The molecule has 1 aliphatic carbocycles. The Kier molecular flexibility index (Phi) is 2.36. The number of rotatable bonds is 3. The second-order valence-electron chi connectivity index (χ2n) is 3.90. The summed E-state index contributed by atoms with van der Waals surface area (Å²) in [5.41, 5.74) is 1.34. The van der Waals surface area contributed by atoms with Crippen molar-refractivity contribution in [2.75, 3.05) is 0 Å². The first-order valence-electron chi connectivity index (χ1n) is 5.26. The topological polar surface area (TPSA) is 76.0 Å². The maximum atomic E-state index is 11.1. The predicted octanol–water partition coefficient (Wildman–Crippen LogP) is 2.18. The lowest BCUT2D eigenvalue weighted by Gasteiger charge is -1.92. The van der Waals surface area contributed by atoms with E-state index < -0.39 is 5.97 Å². The van der Waals surface area contributed by atoms with Crippen LogP contribution in [0, 0.1) is 0 Å². The van der Waals surface area contributed by atoms with Gasteiger partial charge in [0.25, 0.3) is 0 Å². The third kappa shape index (κ3) is 1.91. The molecule has 0 radical (unpaired) electrons. The summed E-state index contributed by atoms with van der Waals surface area (Å²) >= 11 is 1.18. The molecule has 2 aromatic rings. The van der Waals surface area contributed by atoms with Gasteiger partial charge in [-0.25, -0.2) is 9.78 Å². The summed E-state index contributed by atoms with van der Waals surface area (Å²) in [5, 5.41) is 9.77. The number of thiazole rings is 1. The molecule has 86 valence electrons. The Bertz CT molecular complexity index is 563. The van der Waals surface area contributed by atoms with Crippen LogP contribution in [-0.2, 0) is 0 Å². The molecular formula is C11H9N3O2S. The molecular weight excluding hydrogens is 238 g/mol. The lowest BCUT2D eigenvalue weighted by atomic mass is 10.2. The van der Waals surface area contributed by atoms with Gasteiger partial charge < -0.3 is 5.11 Å². The lowest BCUT2D eigenvalue weighted by Crippen LogP contribution is -1.97. The summed E-state index contributed by atoms with van der Waals surface area (Å²) in [5.74, 6) is -0.581. The maximum Gasteiger partial charge on any atom is 0.347 e. The molecule has 1 N–H and O–H groups in total. The molecule has 1 saturated carbocycles. The van der Waals surface area contributed by atoms with Crippen LogP contribution in [0.1, 0.15) is 34.1 Å². The summed E-state index contributed by atoms with van der Waals surface area (Å²) in [4.78, 5) is 24.0. The first-order chi connectivity index (χ1) is 8.25. The Morgan fingerprint density at radius 2 is 2.24 bits per heavy atom. The van der Waals surface area contributed by atoms with Gasteiger partial charge in [0.1, 0.15) is 15.6 Å². The number of carboxylic acids is 1. The second kappa shape index (κ2) is 3.89. The average Bonchev–Trinajstić information content (AvgIpc) is 3.09. The zero-order valence-electron chi connectivity index (χ0n) is 8.83. The van der Waals surface area contributed by atoms with Gasteiger partial charge in [0.15, 0.2) is 0 Å². The molecule has 1 fully saturated rings. The van der Waals surface area contributed by atoms with Crippen molar-refractivity contribution in [1.29, 1.82) is 0 Å². The van der Waals surface area contributed by atoms with Gasteiger partial charge in [-0.2, -0.15) is 0 Å². The second-order valence-corrected chi connectivity index (χ2v) is 4.90. The van der Waals surface area contributed by atoms with Gasteiger partial charge in [0, 0.05) is 18.3 Å². The molecule has 5 nitrogen and oxygen atoms in total. The van der Waals surface area contributed by atoms with Crippen LogP contribution in [-0.4, -0.2) is 26.0 Å². The third-order valence-electron chi connectivity index (χ3n) is 2.59. The number of hydrogen-bond acceptors (Lipinski definition) is 5. The Balaban J connectivity index is 2.07. The number of aromatic carboxylic acids is 1. The lowest BCUT2D eigenvalue weighted by molar-refractivity contribution is 0.0700. The first-order valence-corrected chi connectivity index (χ1v) is 6.08. The van der Waals surface area contributed by atoms with Crippen LogP contribution in [0.2, 0.25) is 0 Å². The van der Waals surface area contributed by atoms with Crippen molar-refractivity contribution in [2.24, 2.45) is 0 Å². The van der Waals surface area contributed by atoms with E-state index >= 15 is 0 Å². The van der Waals surface area contributed by atoms with E-state index in [0.29, 0.717) is 27.2 Å². The van der Waals surface area contributed by atoms with E-state index in [0.717, 1.165) is 12.8 Å². The van der Waals surface area contributed by atoms with Crippen molar-refractivity contribution in [3.63, 3.8) is 0 Å². The number of hydrogen-bond donors (Lipinski definition) is 1. The van der Waals surface area contributed by atoms with Crippen LogP contribution in [0.25, 0.3) is 10.7 Å². The summed E-state index contributed by atoms with van der Waals surface area (Å²) in [6.07, 6.45) is 6.82. The Morgan fingerprint density at radius 3 is 2.82 bits per heavy atom. The third-order valence-corrected chi connectivity index (χ3v) is 3.68. The van der Waals surface area contributed by atoms with E-state index in [1.807, 2.05) is 0 Å². The fraction of sp³-hybridized carbons (Fsp3) is 0.273. The molecule has 0 aromatic carbocycles. The normalized spacial score (nSPS) is 14.8. The molecule has 0 spiro atoms. The van der Waals surface area contributed by atoms with E-state index in [1.165, 1.54) is 11.3 Å². The van der Waals surface area contributed by atoms with Gasteiger partial charge in [-0.1, -0.05) is 0 Å². The molecule has 1 aliphatic rings. The van der Waals surface area contributed by atoms with Crippen molar-refractivity contribution in [2.45, 2.75) is 18.8 Å². The summed E-state index contributed by atoms with van der Waals surface area (Å²) < 4.78 is 0. The molecule has 3 rings (SSSR count). The Morgan fingerprint density at radius 1 is 1.41 bits per heavy atom. The van der Waals surface area contributed by atoms with E-state index in [-0.39, 0.29) is 0 Å². The van der Waals surface area contributed by atoms with E-state index in [1.54, 1.807) is 18.6 Å². The summed E-state index contributed by atoms with van der Waals surface area (Å²) in [6, 6.07) is 0. The fourth-order valence-electron chi connectivity index (χ4n) is 1.64. The van der Waals surface area contributed by atoms with E-state index in [9.17, 15) is 4.79 Å². The van der Waals surface area contributed by atoms with Crippen LogP contribution in [0.5, 0.6) is 0 Å². The van der Waals surface area contributed by atoms with Crippen LogP contribution in [0.4, 0.5) is 0 Å². The minimum absolute atomic E-state index is 0.322. The SMILES string of the molecule is O=C(O)c1sc(-c2cnccn2)nc1C1CC1. The minimum atomic E-state index is -0.903. The molecule has 0 saturated heterocycles. The van der Waals surface area contributed by atoms with Crippen molar-refractivity contribution < 1.29 is 9.90 Å². The molecule has 2 heterocycles. The van der Waals surface area contributed by atoms with Crippen molar-refractivity contribution in [1.82, 2.24) is 15.0 Å². The zero-order valence-corrected chi connectivity index (χ0v) is 9.65. The average molecular weight is 247 g/mol. The number of nitrogens with zero attached hydrogens (tertiary/aromatic N) is 3. The molecule has 17 heavy (non-hydrogen) atoms. The van der Waals surface area contributed by atoms with Crippen molar-refractivity contribution >= 4 is 17.3 Å².